The molecule has 4 aromatic rings. The summed E-state index contributed by atoms with van der Waals surface area (Å²) in [6.07, 6.45) is 4.28. The first-order valence-electron chi connectivity index (χ1n) is 7.20. The number of rotatable bonds is 3. The van der Waals surface area contributed by atoms with Crippen LogP contribution in [0.2, 0.25) is 0 Å². The topological polar surface area (TPSA) is 13.1 Å². The molecule has 0 radical (unpaired) electrons. The van der Waals surface area contributed by atoms with Gasteiger partial charge in [-0.3, -0.25) is 0 Å². The molecule has 0 saturated carbocycles. The Bertz CT molecular complexity index is 915. The van der Waals surface area contributed by atoms with Crippen molar-refractivity contribution < 1.29 is 4.42 Å². The van der Waals surface area contributed by atoms with Crippen molar-refractivity contribution in [3.63, 3.8) is 0 Å². The summed E-state index contributed by atoms with van der Waals surface area (Å²) in [4.78, 5) is 1.16. The lowest BCUT2D eigenvalue weighted by atomic mass is 10.1. The van der Waals surface area contributed by atoms with Crippen LogP contribution in [0.5, 0.6) is 0 Å². The van der Waals surface area contributed by atoms with Gasteiger partial charge in [-0.15, -0.1) is 11.3 Å². The fourth-order valence-electron chi connectivity index (χ4n) is 2.57. The van der Waals surface area contributed by atoms with Crippen LogP contribution >= 0.6 is 11.3 Å². The third-order valence-corrected chi connectivity index (χ3v) is 4.49. The second-order valence-electron chi connectivity index (χ2n) is 5.06. The summed E-state index contributed by atoms with van der Waals surface area (Å²) in [6.45, 7) is 0. The molecule has 0 aliphatic heterocycles. The molecule has 0 amide bonds. The van der Waals surface area contributed by atoms with E-state index in [9.17, 15) is 0 Å². The molecule has 0 aliphatic carbocycles. The molecule has 0 N–H and O–H groups in total. The van der Waals surface area contributed by atoms with Gasteiger partial charge >= 0.3 is 0 Å². The Morgan fingerprint density at radius 1 is 0.773 bits per heavy atom. The highest BCUT2D eigenvalue weighted by atomic mass is 32.1. The SMILES string of the molecule is C(=C\c1c(-c2cccs2)oc2ccccc12)/c1ccccc1. The van der Waals surface area contributed by atoms with Crippen LogP contribution < -0.4 is 0 Å². The highest BCUT2D eigenvalue weighted by Crippen LogP contribution is 2.36. The zero-order chi connectivity index (χ0) is 14.8. The number of hydrogen-bond acceptors (Lipinski definition) is 2. The van der Waals surface area contributed by atoms with Gasteiger partial charge in [0, 0.05) is 10.9 Å². The van der Waals surface area contributed by atoms with E-state index in [0.29, 0.717) is 0 Å². The highest BCUT2D eigenvalue weighted by Gasteiger charge is 2.14. The van der Waals surface area contributed by atoms with Gasteiger partial charge in [0.05, 0.1) is 4.88 Å². The van der Waals surface area contributed by atoms with Gasteiger partial charge in [0.2, 0.25) is 0 Å². The van der Waals surface area contributed by atoms with Gasteiger partial charge in [-0.1, -0.05) is 60.7 Å². The summed E-state index contributed by atoms with van der Waals surface area (Å²) in [5.74, 6) is 0.948. The molecule has 1 nitrogen and oxygen atoms in total. The van der Waals surface area contributed by atoms with Crippen LogP contribution in [0.1, 0.15) is 11.1 Å². The van der Waals surface area contributed by atoms with Gasteiger partial charge in [0.1, 0.15) is 5.58 Å². The van der Waals surface area contributed by atoms with E-state index in [1.165, 1.54) is 5.56 Å². The number of benzene rings is 2. The molecule has 0 spiro atoms. The molecule has 4 rings (SSSR count). The predicted molar refractivity (Wildman–Crippen MR) is 94.9 cm³/mol. The normalized spacial score (nSPS) is 11.5. The number of fused-ring (bicyclic) bond motifs is 1. The molecule has 2 heteroatoms. The molecule has 106 valence electrons. The summed E-state index contributed by atoms with van der Waals surface area (Å²) in [6, 6.07) is 22.7. The van der Waals surface area contributed by atoms with Crippen molar-refractivity contribution >= 4 is 34.5 Å². The Kier molecular flexibility index (Phi) is 3.37. The van der Waals surface area contributed by atoms with E-state index in [1.54, 1.807) is 11.3 Å². The summed E-state index contributed by atoms with van der Waals surface area (Å²) < 4.78 is 6.09. The molecule has 2 aromatic heterocycles. The van der Waals surface area contributed by atoms with E-state index < -0.39 is 0 Å². The van der Waals surface area contributed by atoms with E-state index in [0.717, 1.165) is 27.2 Å². The Morgan fingerprint density at radius 3 is 2.41 bits per heavy atom. The van der Waals surface area contributed by atoms with Crippen molar-refractivity contribution in [3.05, 3.63) is 83.2 Å². The molecule has 0 unspecified atom stereocenters. The van der Waals surface area contributed by atoms with Gasteiger partial charge in [-0.05, 0) is 29.2 Å². The lowest BCUT2D eigenvalue weighted by Crippen LogP contribution is -1.74. The van der Waals surface area contributed by atoms with Crippen molar-refractivity contribution in [2.24, 2.45) is 0 Å². The van der Waals surface area contributed by atoms with Gasteiger partial charge in [-0.25, -0.2) is 0 Å². The smallest absolute Gasteiger partial charge is 0.152 e. The fraction of sp³-hybridized carbons (Fsp3) is 0. The van der Waals surface area contributed by atoms with E-state index in [4.69, 9.17) is 4.42 Å². The monoisotopic (exact) mass is 302 g/mol. The predicted octanol–water partition coefficient (Wildman–Crippen LogP) is 6.33. The van der Waals surface area contributed by atoms with E-state index in [-0.39, 0.29) is 0 Å². The van der Waals surface area contributed by atoms with Crippen LogP contribution in [0.25, 0.3) is 33.8 Å². The van der Waals surface area contributed by atoms with Gasteiger partial charge in [0.15, 0.2) is 5.76 Å². The first kappa shape index (κ1) is 13.1. The Balaban J connectivity index is 1.88. The highest BCUT2D eigenvalue weighted by molar-refractivity contribution is 7.13. The maximum Gasteiger partial charge on any atom is 0.152 e. The first-order chi connectivity index (χ1) is 10.9. The van der Waals surface area contributed by atoms with E-state index >= 15 is 0 Å². The Labute approximate surface area is 133 Å². The molecule has 22 heavy (non-hydrogen) atoms. The number of thiophene rings is 1. The molecule has 2 aromatic carbocycles. The summed E-state index contributed by atoms with van der Waals surface area (Å²) in [7, 11) is 0. The molecular formula is C20H14OS. The van der Waals surface area contributed by atoms with Crippen molar-refractivity contribution in [2.75, 3.05) is 0 Å². The minimum atomic E-state index is 0.929. The third-order valence-electron chi connectivity index (χ3n) is 3.62. The maximum absolute atomic E-state index is 6.09. The van der Waals surface area contributed by atoms with Crippen molar-refractivity contribution in [3.8, 4) is 10.6 Å². The van der Waals surface area contributed by atoms with E-state index in [2.05, 4.69) is 53.9 Å². The largest absolute Gasteiger partial charge is 0.455 e. The maximum atomic E-state index is 6.09. The third kappa shape index (κ3) is 2.38. The van der Waals surface area contributed by atoms with Crippen LogP contribution in [-0.4, -0.2) is 0 Å². The summed E-state index contributed by atoms with van der Waals surface area (Å²) >= 11 is 1.70. The number of para-hydroxylation sites is 1. The van der Waals surface area contributed by atoms with Gasteiger partial charge < -0.3 is 4.42 Å². The Hall–Kier alpha value is -2.58. The second-order valence-corrected chi connectivity index (χ2v) is 6.01. The van der Waals surface area contributed by atoms with Gasteiger partial charge in [-0.2, -0.15) is 0 Å². The first-order valence-corrected chi connectivity index (χ1v) is 8.08. The molecule has 2 heterocycles. The fourth-order valence-corrected chi connectivity index (χ4v) is 3.28. The average molecular weight is 302 g/mol. The minimum absolute atomic E-state index is 0.929. The van der Waals surface area contributed by atoms with Crippen LogP contribution in [0.3, 0.4) is 0 Å². The van der Waals surface area contributed by atoms with Crippen molar-refractivity contribution in [1.29, 1.82) is 0 Å². The molecular weight excluding hydrogens is 288 g/mol. The number of furan rings is 1. The zero-order valence-corrected chi connectivity index (χ0v) is 12.7. The van der Waals surface area contributed by atoms with Crippen LogP contribution in [-0.2, 0) is 0 Å². The van der Waals surface area contributed by atoms with Crippen LogP contribution in [0.4, 0.5) is 0 Å². The Morgan fingerprint density at radius 2 is 1.59 bits per heavy atom. The van der Waals surface area contributed by atoms with Crippen molar-refractivity contribution in [2.45, 2.75) is 0 Å². The lowest BCUT2D eigenvalue weighted by Gasteiger charge is -1.96. The minimum Gasteiger partial charge on any atom is -0.455 e. The standard InChI is InChI=1S/C20H14OS/c1-2-7-15(8-3-1)12-13-17-16-9-4-5-10-18(16)21-20(17)19-11-6-14-22-19/h1-14H/b13-12+. The molecule has 0 aliphatic rings. The second kappa shape index (κ2) is 5.66. The summed E-state index contributed by atoms with van der Waals surface area (Å²) in [5.41, 5.74) is 3.26. The van der Waals surface area contributed by atoms with E-state index in [1.807, 2.05) is 30.3 Å². The van der Waals surface area contributed by atoms with Gasteiger partial charge in [0.25, 0.3) is 0 Å². The molecule has 0 saturated heterocycles. The van der Waals surface area contributed by atoms with Crippen LogP contribution in [0.15, 0.2) is 76.5 Å². The van der Waals surface area contributed by atoms with Crippen LogP contribution in [0, 0.1) is 0 Å². The van der Waals surface area contributed by atoms with Crippen molar-refractivity contribution in [1.82, 2.24) is 0 Å². The molecule has 0 atom stereocenters. The zero-order valence-electron chi connectivity index (χ0n) is 11.9. The average Bonchev–Trinajstić information content (AvgIpc) is 3.21. The number of hydrogen-bond donors (Lipinski definition) is 0. The summed E-state index contributed by atoms with van der Waals surface area (Å²) in [5, 5.41) is 3.23. The lowest BCUT2D eigenvalue weighted by molar-refractivity contribution is 0.632. The quantitative estimate of drug-likeness (QED) is 0.431. The molecule has 0 bridgehead atoms. The molecule has 0 fully saturated rings.